The summed E-state index contributed by atoms with van der Waals surface area (Å²) in [6.07, 6.45) is 0. The molecule has 0 saturated heterocycles. The van der Waals surface area contributed by atoms with Crippen LogP contribution in [0, 0.1) is 5.92 Å². The van der Waals surface area contributed by atoms with Gasteiger partial charge in [0.15, 0.2) is 0 Å². The Kier molecular flexibility index (Phi) is 6.40. The van der Waals surface area contributed by atoms with Crippen molar-refractivity contribution in [1.82, 2.24) is 9.79 Å². The van der Waals surface area contributed by atoms with E-state index < -0.39 is 27.9 Å². The van der Waals surface area contributed by atoms with E-state index in [9.17, 15) is 23.5 Å². The van der Waals surface area contributed by atoms with Gasteiger partial charge in [-0.25, -0.2) is 13.9 Å². The van der Waals surface area contributed by atoms with E-state index in [1.54, 1.807) is 55.7 Å². The van der Waals surface area contributed by atoms with Crippen molar-refractivity contribution in [2.24, 2.45) is 5.92 Å². The normalized spacial score (nSPS) is 13.0. The first-order chi connectivity index (χ1) is 14.2. The van der Waals surface area contributed by atoms with Gasteiger partial charge >= 0.3 is 0 Å². The van der Waals surface area contributed by atoms with Gasteiger partial charge in [0.2, 0.25) is 10.0 Å². The van der Waals surface area contributed by atoms with E-state index in [1.165, 1.54) is 24.3 Å². The minimum atomic E-state index is -4.12. The quantitative estimate of drug-likeness (QED) is 0.396. The molecule has 3 aromatic rings. The summed E-state index contributed by atoms with van der Waals surface area (Å²) in [4.78, 5) is 12.4. The highest BCUT2D eigenvalue weighted by atomic mass is 32.2. The Hall–Kier alpha value is -2.94. The number of carbonyl (C=O) groups excluding carboxylic acids is 1. The average molecular weight is 429 g/mol. The van der Waals surface area contributed by atoms with Crippen LogP contribution in [0.25, 0.3) is 10.8 Å². The number of nitrogens with zero attached hydrogens (tertiary/aromatic N) is 1. The van der Waals surface area contributed by atoms with Gasteiger partial charge in [-0.1, -0.05) is 56.3 Å². The van der Waals surface area contributed by atoms with Crippen LogP contribution in [0.3, 0.4) is 0 Å². The topological polar surface area (TPSA) is 107 Å². The molecule has 30 heavy (non-hydrogen) atoms. The summed E-state index contributed by atoms with van der Waals surface area (Å²) in [5.41, 5.74) is 2.30. The molecule has 0 unspecified atom stereocenters. The maximum absolute atomic E-state index is 13.6. The predicted octanol–water partition coefficient (Wildman–Crippen LogP) is 3.27. The molecule has 7 nitrogen and oxygen atoms in total. The van der Waals surface area contributed by atoms with E-state index in [2.05, 4.69) is 0 Å². The van der Waals surface area contributed by atoms with Gasteiger partial charge in [-0.3, -0.25) is 10.0 Å². The third kappa shape index (κ3) is 4.46. The zero-order valence-electron chi connectivity index (χ0n) is 16.7. The average Bonchev–Trinajstić information content (AvgIpc) is 2.73. The first-order valence-electron chi connectivity index (χ1n) is 9.46. The zero-order valence-corrected chi connectivity index (χ0v) is 17.5. The summed E-state index contributed by atoms with van der Waals surface area (Å²) < 4.78 is 28.4. The number of amides is 1. The van der Waals surface area contributed by atoms with Crippen LogP contribution < -0.4 is 5.48 Å². The van der Waals surface area contributed by atoms with Gasteiger partial charge in [-0.05, 0) is 46.5 Å². The molecule has 0 heterocycles. The second-order valence-electron chi connectivity index (χ2n) is 7.39. The highest BCUT2D eigenvalue weighted by Crippen LogP contribution is 2.28. The molecular weight excluding hydrogens is 404 g/mol. The molecule has 3 N–H and O–H groups in total. The number of carbonyl (C=O) groups is 1. The Balaban J connectivity index is 2.14. The van der Waals surface area contributed by atoms with Crippen LogP contribution in [0.2, 0.25) is 0 Å². The van der Waals surface area contributed by atoms with E-state index in [-0.39, 0.29) is 17.2 Å². The molecule has 0 aliphatic rings. The Bertz CT molecular complexity index is 1150. The Morgan fingerprint density at radius 1 is 1.00 bits per heavy atom. The van der Waals surface area contributed by atoms with Crippen LogP contribution in [0.1, 0.15) is 19.4 Å². The van der Waals surface area contributed by atoms with E-state index in [0.29, 0.717) is 10.9 Å². The van der Waals surface area contributed by atoms with Crippen molar-refractivity contribution in [3.8, 4) is 5.75 Å². The lowest BCUT2D eigenvalue weighted by molar-refractivity contribution is -0.134. The number of aromatic hydroxyl groups is 1. The van der Waals surface area contributed by atoms with Crippen LogP contribution in [0.5, 0.6) is 5.75 Å². The molecule has 0 radical (unpaired) electrons. The zero-order chi connectivity index (χ0) is 21.9. The highest BCUT2D eigenvalue weighted by Gasteiger charge is 2.38. The first-order valence-corrected chi connectivity index (χ1v) is 10.9. The molecule has 0 bridgehead atoms. The largest absolute Gasteiger partial charge is 0.508 e. The maximum atomic E-state index is 13.6. The van der Waals surface area contributed by atoms with Crippen LogP contribution in [-0.2, 0) is 21.4 Å². The number of nitrogens with one attached hydrogen (secondary N) is 1. The smallest absolute Gasteiger partial charge is 0.262 e. The third-order valence-corrected chi connectivity index (χ3v) is 6.73. The fourth-order valence-corrected chi connectivity index (χ4v) is 5.18. The van der Waals surface area contributed by atoms with Gasteiger partial charge in [-0.2, -0.15) is 4.31 Å². The first kappa shape index (κ1) is 21.8. The van der Waals surface area contributed by atoms with E-state index >= 15 is 0 Å². The minimum absolute atomic E-state index is 0.00655. The second kappa shape index (κ2) is 8.83. The maximum Gasteiger partial charge on any atom is 0.262 e. The van der Waals surface area contributed by atoms with E-state index in [0.717, 1.165) is 9.69 Å². The lowest BCUT2D eigenvalue weighted by Crippen LogP contribution is -2.51. The fraction of sp³-hybridized carbons (Fsp3) is 0.227. The third-order valence-electron chi connectivity index (χ3n) is 4.90. The molecule has 3 rings (SSSR count). The molecule has 0 saturated carbocycles. The summed E-state index contributed by atoms with van der Waals surface area (Å²) in [7, 11) is -4.12. The number of fused-ring (bicyclic) bond motifs is 1. The molecular formula is C22H24N2O5S. The molecule has 0 fully saturated rings. The summed E-state index contributed by atoms with van der Waals surface area (Å²) in [5.74, 6) is -1.18. The molecule has 0 aromatic heterocycles. The molecule has 0 spiro atoms. The van der Waals surface area contributed by atoms with Crippen molar-refractivity contribution < 1.29 is 23.5 Å². The molecule has 0 aliphatic carbocycles. The number of sulfonamides is 1. The van der Waals surface area contributed by atoms with Crippen LogP contribution >= 0.6 is 0 Å². The van der Waals surface area contributed by atoms with Crippen molar-refractivity contribution in [2.75, 3.05) is 0 Å². The summed E-state index contributed by atoms with van der Waals surface area (Å²) in [5, 5.41) is 20.3. The summed E-state index contributed by atoms with van der Waals surface area (Å²) in [6.45, 7) is 3.38. The molecule has 0 aliphatic heterocycles. The Morgan fingerprint density at radius 2 is 1.67 bits per heavy atom. The lowest BCUT2D eigenvalue weighted by Gasteiger charge is -2.32. The summed E-state index contributed by atoms with van der Waals surface area (Å²) in [6, 6.07) is 17.1. The monoisotopic (exact) mass is 428 g/mol. The standard InChI is InChI=1S/C22H24N2O5S/c1-15(2)21(22(26)23-27)24(14-16-6-4-3-5-7-16)30(28,29)20-11-9-17-8-10-19(25)12-18(17)13-20/h3-13,15,21,25,27H,14H2,1-2H3,(H,23,26)/t21-/m1/s1. The van der Waals surface area contributed by atoms with E-state index in [1.807, 2.05) is 6.07 Å². The van der Waals surface area contributed by atoms with Crippen LogP contribution in [-0.4, -0.2) is 35.0 Å². The molecule has 158 valence electrons. The molecule has 1 amide bonds. The lowest BCUT2D eigenvalue weighted by atomic mass is 10.0. The molecule has 3 aromatic carbocycles. The van der Waals surface area contributed by atoms with Crippen molar-refractivity contribution in [1.29, 1.82) is 0 Å². The SMILES string of the molecule is CC(C)[C@H](C(=O)NO)N(Cc1ccccc1)S(=O)(=O)c1ccc2ccc(O)cc2c1. The molecule has 1 atom stereocenters. The van der Waals surface area contributed by atoms with Crippen LogP contribution in [0.15, 0.2) is 71.6 Å². The van der Waals surface area contributed by atoms with Crippen molar-refractivity contribution >= 4 is 26.7 Å². The van der Waals surface area contributed by atoms with Gasteiger partial charge in [0.25, 0.3) is 5.91 Å². The number of hydroxylamine groups is 1. The van der Waals surface area contributed by atoms with Crippen molar-refractivity contribution in [2.45, 2.75) is 31.3 Å². The van der Waals surface area contributed by atoms with Crippen LogP contribution in [0.4, 0.5) is 0 Å². The second-order valence-corrected chi connectivity index (χ2v) is 9.28. The van der Waals surface area contributed by atoms with Gasteiger partial charge in [-0.15, -0.1) is 0 Å². The number of hydrogen-bond donors (Lipinski definition) is 3. The van der Waals surface area contributed by atoms with Gasteiger partial charge in [0.1, 0.15) is 11.8 Å². The van der Waals surface area contributed by atoms with Crippen molar-refractivity contribution in [3.63, 3.8) is 0 Å². The Labute approximate surface area is 175 Å². The van der Waals surface area contributed by atoms with Gasteiger partial charge < -0.3 is 5.11 Å². The number of hydrogen-bond acceptors (Lipinski definition) is 5. The number of rotatable bonds is 7. The van der Waals surface area contributed by atoms with E-state index in [4.69, 9.17) is 0 Å². The number of phenolic OH excluding ortho intramolecular Hbond substituents is 1. The Morgan fingerprint density at radius 3 is 2.30 bits per heavy atom. The summed E-state index contributed by atoms with van der Waals surface area (Å²) >= 11 is 0. The van der Waals surface area contributed by atoms with Crippen molar-refractivity contribution in [3.05, 3.63) is 72.3 Å². The highest BCUT2D eigenvalue weighted by molar-refractivity contribution is 7.89. The van der Waals surface area contributed by atoms with Gasteiger partial charge in [0, 0.05) is 6.54 Å². The predicted molar refractivity (Wildman–Crippen MR) is 113 cm³/mol. The number of benzene rings is 3. The minimum Gasteiger partial charge on any atom is -0.508 e. The fourth-order valence-electron chi connectivity index (χ4n) is 3.44. The van der Waals surface area contributed by atoms with Gasteiger partial charge in [0.05, 0.1) is 4.90 Å². The molecule has 8 heteroatoms. The number of phenols is 1.